The van der Waals surface area contributed by atoms with Crippen molar-refractivity contribution in [3.63, 3.8) is 0 Å². The molecule has 5 rings (SSSR count). The second-order valence-corrected chi connectivity index (χ2v) is 7.13. The largest absolute Gasteiger partial charge is 0.493 e. The lowest BCUT2D eigenvalue weighted by Crippen LogP contribution is -2.03. The summed E-state index contributed by atoms with van der Waals surface area (Å²) in [6, 6.07) is 20.4. The Kier molecular flexibility index (Phi) is 4.09. The number of nitrogens with zero attached hydrogens (tertiary/aromatic N) is 3. The highest BCUT2D eigenvalue weighted by Gasteiger charge is 2.17. The quantitative estimate of drug-likeness (QED) is 0.433. The van der Waals surface area contributed by atoms with Crippen LogP contribution < -0.4 is 9.47 Å². The predicted molar refractivity (Wildman–Crippen MR) is 116 cm³/mol. The van der Waals surface area contributed by atoms with Gasteiger partial charge in [-0.2, -0.15) is 0 Å². The summed E-state index contributed by atoms with van der Waals surface area (Å²) >= 11 is 0. The number of ether oxygens (including phenoxy) is 2. The SMILES string of the molecule is COc1ccc(Cn2c3nc4ccccc4nc3c3cccc(C)c32)cc1OC. The van der Waals surface area contributed by atoms with Crippen LogP contribution >= 0.6 is 0 Å². The van der Waals surface area contributed by atoms with Crippen LogP contribution in [0.25, 0.3) is 33.1 Å². The Labute approximate surface area is 168 Å². The lowest BCUT2D eigenvalue weighted by molar-refractivity contribution is 0.354. The summed E-state index contributed by atoms with van der Waals surface area (Å²) in [4.78, 5) is 9.92. The lowest BCUT2D eigenvalue weighted by atomic mass is 10.1. The summed E-state index contributed by atoms with van der Waals surface area (Å²) < 4.78 is 13.1. The van der Waals surface area contributed by atoms with Crippen LogP contribution in [0.15, 0.2) is 60.7 Å². The summed E-state index contributed by atoms with van der Waals surface area (Å²) in [5.74, 6) is 1.44. The first kappa shape index (κ1) is 17.5. The van der Waals surface area contributed by atoms with Gasteiger partial charge >= 0.3 is 0 Å². The number of aryl methyl sites for hydroxylation is 1. The minimum Gasteiger partial charge on any atom is -0.493 e. The van der Waals surface area contributed by atoms with Gasteiger partial charge < -0.3 is 14.0 Å². The summed E-state index contributed by atoms with van der Waals surface area (Å²) in [6.07, 6.45) is 0. The molecule has 0 unspecified atom stereocenters. The highest BCUT2D eigenvalue weighted by atomic mass is 16.5. The van der Waals surface area contributed by atoms with E-state index in [4.69, 9.17) is 19.4 Å². The van der Waals surface area contributed by atoms with Crippen molar-refractivity contribution in [3.05, 3.63) is 71.8 Å². The average Bonchev–Trinajstić information content (AvgIpc) is 3.06. The van der Waals surface area contributed by atoms with Crippen molar-refractivity contribution in [1.29, 1.82) is 0 Å². The highest BCUT2D eigenvalue weighted by molar-refractivity contribution is 6.07. The molecule has 0 aliphatic carbocycles. The molecule has 5 aromatic rings. The molecule has 0 radical (unpaired) electrons. The number of methoxy groups -OCH3 is 2. The molecule has 0 bridgehead atoms. The van der Waals surface area contributed by atoms with Crippen LogP contribution in [-0.4, -0.2) is 28.8 Å². The number of aromatic nitrogens is 3. The normalized spacial score (nSPS) is 11.4. The molecule has 3 aromatic carbocycles. The third-order valence-corrected chi connectivity index (χ3v) is 5.36. The van der Waals surface area contributed by atoms with Crippen LogP contribution in [0.5, 0.6) is 11.5 Å². The third-order valence-electron chi connectivity index (χ3n) is 5.36. The number of benzene rings is 3. The van der Waals surface area contributed by atoms with Crippen molar-refractivity contribution >= 4 is 33.1 Å². The number of fused-ring (bicyclic) bond motifs is 4. The van der Waals surface area contributed by atoms with Gasteiger partial charge in [0, 0.05) is 11.9 Å². The van der Waals surface area contributed by atoms with Gasteiger partial charge in [0.25, 0.3) is 0 Å². The van der Waals surface area contributed by atoms with Crippen molar-refractivity contribution in [1.82, 2.24) is 14.5 Å². The van der Waals surface area contributed by atoms with Crippen LogP contribution in [0.3, 0.4) is 0 Å². The molecule has 29 heavy (non-hydrogen) atoms. The van der Waals surface area contributed by atoms with E-state index in [9.17, 15) is 0 Å². The maximum atomic E-state index is 5.49. The van der Waals surface area contributed by atoms with Gasteiger partial charge in [0.15, 0.2) is 17.1 Å². The van der Waals surface area contributed by atoms with Gasteiger partial charge in [0.1, 0.15) is 5.52 Å². The molecule has 0 fully saturated rings. The summed E-state index contributed by atoms with van der Waals surface area (Å²) in [5, 5.41) is 1.12. The first-order valence-electron chi connectivity index (χ1n) is 9.55. The van der Waals surface area contributed by atoms with Gasteiger partial charge in [-0.3, -0.25) is 0 Å². The topological polar surface area (TPSA) is 49.2 Å². The fourth-order valence-electron chi connectivity index (χ4n) is 3.99. The van der Waals surface area contributed by atoms with Crippen molar-refractivity contribution < 1.29 is 9.47 Å². The summed E-state index contributed by atoms with van der Waals surface area (Å²) in [6.45, 7) is 2.80. The Balaban J connectivity index is 1.78. The fourth-order valence-corrected chi connectivity index (χ4v) is 3.99. The zero-order chi connectivity index (χ0) is 20.0. The van der Waals surface area contributed by atoms with E-state index in [1.807, 2.05) is 36.4 Å². The Morgan fingerprint density at radius 2 is 1.59 bits per heavy atom. The van der Waals surface area contributed by atoms with E-state index < -0.39 is 0 Å². The first-order chi connectivity index (χ1) is 14.2. The molecule has 0 aliphatic heterocycles. The molecule has 0 aliphatic rings. The Bertz CT molecular complexity index is 1370. The zero-order valence-electron chi connectivity index (χ0n) is 16.6. The van der Waals surface area contributed by atoms with Crippen LogP contribution in [0.1, 0.15) is 11.1 Å². The molecule has 5 heteroatoms. The van der Waals surface area contributed by atoms with Crippen molar-refractivity contribution in [3.8, 4) is 11.5 Å². The van der Waals surface area contributed by atoms with E-state index >= 15 is 0 Å². The van der Waals surface area contributed by atoms with Gasteiger partial charge in [-0.25, -0.2) is 9.97 Å². The lowest BCUT2D eigenvalue weighted by Gasteiger charge is -2.12. The van der Waals surface area contributed by atoms with E-state index in [1.165, 1.54) is 5.56 Å². The predicted octanol–water partition coefficient (Wildman–Crippen LogP) is 5.11. The van der Waals surface area contributed by atoms with Crippen molar-refractivity contribution in [2.45, 2.75) is 13.5 Å². The Morgan fingerprint density at radius 1 is 0.828 bits per heavy atom. The smallest absolute Gasteiger partial charge is 0.161 e. The minimum absolute atomic E-state index is 0.665. The molecule has 0 saturated heterocycles. The standard InChI is InChI=1S/C24H21N3O2/c1-15-7-6-8-17-22-24(26-19-10-5-4-9-18(19)25-22)27(23(15)17)14-16-11-12-20(28-2)21(13-16)29-3/h4-13H,14H2,1-3H3. The molecule has 2 aromatic heterocycles. The van der Waals surface area contributed by atoms with Crippen molar-refractivity contribution in [2.24, 2.45) is 0 Å². The third kappa shape index (κ3) is 2.78. The number of rotatable bonds is 4. The molecule has 5 nitrogen and oxygen atoms in total. The Morgan fingerprint density at radius 3 is 2.34 bits per heavy atom. The van der Waals surface area contributed by atoms with Crippen LogP contribution in [0.4, 0.5) is 0 Å². The highest BCUT2D eigenvalue weighted by Crippen LogP contribution is 2.33. The van der Waals surface area contributed by atoms with E-state index in [0.717, 1.165) is 50.2 Å². The number of hydrogen-bond acceptors (Lipinski definition) is 4. The summed E-state index contributed by atoms with van der Waals surface area (Å²) in [5.41, 5.74) is 7.10. The molecule has 0 amide bonds. The molecule has 0 N–H and O–H groups in total. The maximum Gasteiger partial charge on any atom is 0.161 e. The van der Waals surface area contributed by atoms with Gasteiger partial charge in [0.05, 0.1) is 30.8 Å². The Hall–Kier alpha value is -3.60. The zero-order valence-corrected chi connectivity index (χ0v) is 16.6. The van der Waals surface area contributed by atoms with E-state index in [1.54, 1.807) is 14.2 Å². The van der Waals surface area contributed by atoms with Crippen LogP contribution in [0.2, 0.25) is 0 Å². The average molecular weight is 383 g/mol. The fraction of sp³-hybridized carbons (Fsp3) is 0.167. The molecule has 144 valence electrons. The second-order valence-electron chi connectivity index (χ2n) is 7.13. The maximum absolute atomic E-state index is 5.49. The van der Waals surface area contributed by atoms with Crippen molar-refractivity contribution in [2.75, 3.05) is 14.2 Å². The van der Waals surface area contributed by atoms with E-state index in [2.05, 4.69) is 35.8 Å². The van der Waals surface area contributed by atoms with Crippen LogP contribution in [0, 0.1) is 6.92 Å². The molecular formula is C24H21N3O2. The molecule has 0 saturated carbocycles. The minimum atomic E-state index is 0.665. The summed E-state index contributed by atoms with van der Waals surface area (Å²) in [7, 11) is 3.30. The molecule has 0 atom stereocenters. The van der Waals surface area contributed by atoms with Gasteiger partial charge in [-0.15, -0.1) is 0 Å². The number of para-hydroxylation sites is 3. The molecule has 0 spiro atoms. The van der Waals surface area contributed by atoms with Gasteiger partial charge in [0.2, 0.25) is 0 Å². The number of hydrogen-bond donors (Lipinski definition) is 0. The monoisotopic (exact) mass is 383 g/mol. The van der Waals surface area contributed by atoms with Gasteiger partial charge in [-0.05, 0) is 42.3 Å². The van der Waals surface area contributed by atoms with Crippen LogP contribution in [-0.2, 0) is 6.54 Å². The van der Waals surface area contributed by atoms with Gasteiger partial charge in [-0.1, -0.05) is 36.4 Å². The van der Waals surface area contributed by atoms with E-state index in [-0.39, 0.29) is 0 Å². The molecule has 2 heterocycles. The molecular weight excluding hydrogens is 362 g/mol. The van der Waals surface area contributed by atoms with E-state index in [0.29, 0.717) is 6.54 Å². The first-order valence-corrected chi connectivity index (χ1v) is 9.55. The second kappa shape index (κ2) is 6.78.